The van der Waals surface area contributed by atoms with E-state index in [-0.39, 0.29) is 34.1 Å². The molecular weight excluding hydrogens is 526 g/mol. The number of halogens is 1. The molecule has 2 aliphatic heterocycles. The largest absolute Gasteiger partial charge is 0.454 e. The number of rotatable bonds is 5. The zero-order valence-corrected chi connectivity index (χ0v) is 24.1. The van der Waals surface area contributed by atoms with Crippen LogP contribution in [0.25, 0.3) is 11.1 Å². The number of nitrogens with one attached hydrogen (secondary N) is 1. The second-order valence-corrected chi connectivity index (χ2v) is 12.1. The molecule has 40 heavy (non-hydrogen) atoms. The molecule has 7 nitrogen and oxygen atoms in total. The Morgan fingerprint density at radius 3 is 2.48 bits per heavy atom. The van der Waals surface area contributed by atoms with Gasteiger partial charge in [0.25, 0.3) is 5.91 Å². The molecule has 3 aromatic carbocycles. The van der Waals surface area contributed by atoms with Crippen molar-refractivity contribution >= 4 is 29.1 Å². The third kappa shape index (κ3) is 5.56. The first kappa shape index (κ1) is 27.7. The van der Waals surface area contributed by atoms with Crippen LogP contribution in [-0.2, 0) is 16.0 Å². The molecular formula is C32H32ClN3O4. The van der Waals surface area contributed by atoms with Crippen molar-refractivity contribution in [3.8, 4) is 28.7 Å². The summed E-state index contributed by atoms with van der Waals surface area (Å²) in [5.74, 6) is 0.505. The van der Waals surface area contributed by atoms with Crippen molar-refractivity contribution in [3.63, 3.8) is 0 Å². The van der Waals surface area contributed by atoms with Gasteiger partial charge in [-0.05, 0) is 88.1 Å². The van der Waals surface area contributed by atoms with Gasteiger partial charge in [0.05, 0.1) is 22.6 Å². The van der Waals surface area contributed by atoms with Crippen molar-refractivity contribution in [3.05, 3.63) is 76.3 Å². The monoisotopic (exact) mass is 557 g/mol. The van der Waals surface area contributed by atoms with Crippen LogP contribution in [0.4, 0.5) is 5.69 Å². The summed E-state index contributed by atoms with van der Waals surface area (Å²) in [5.41, 5.74) is 3.41. The lowest BCUT2D eigenvalue weighted by molar-refractivity contribution is -0.162. The van der Waals surface area contributed by atoms with Crippen molar-refractivity contribution in [2.45, 2.75) is 64.2 Å². The smallest absolute Gasteiger partial charge is 0.251 e. The molecule has 206 valence electrons. The first-order valence-corrected chi connectivity index (χ1v) is 13.6. The first-order chi connectivity index (χ1) is 18.9. The van der Waals surface area contributed by atoms with Gasteiger partial charge in [0.1, 0.15) is 23.1 Å². The van der Waals surface area contributed by atoms with Gasteiger partial charge in [-0.2, -0.15) is 5.26 Å². The van der Waals surface area contributed by atoms with E-state index in [1.54, 1.807) is 36.2 Å². The van der Waals surface area contributed by atoms with Crippen molar-refractivity contribution in [1.82, 2.24) is 5.32 Å². The summed E-state index contributed by atoms with van der Waals surface area (Å²) in [5, 5.41) is 13.4. The number of carbonyl (C=O) groups is 2. The number of ether oxygens (including phenoxy) is 2. The van der Waals surface area contributed by atoms with Crippen LogP contribution >= 0.6 is 11.6 Å². The lowest BCUT2D eigenvalue weighted by Crippen LogP contribution is -2.52. The zero-order chi connectivity index (χ0) is 28.8. The number of benzene rings is 3. The first-order valence-electron chi connectivity index (χ1n) is 13.3. The van der Waals surface area contributed by atoms with Gasteiger partial charge >= 0.3 is 0 Å². The third-order valence-electron chi connectivity index (χ3n) is 7.38. The van der Waals surface area contributed by atoms with E-state index < -0.39 is 0 Å². The lowest BCUT2D eigenvalue weighted by atomic mass is 9.85. The number of likely N-dealkylation sites (N-methyl/N-ethyl adjacent to an activating group) is 1. The van der Waals surface area contributed by atoms with E-state index in [2.05, 4.69) is 11.4 Å². The van der Waals surface area contributed by atoms with E-state index in [1.807, 2.05) is 58.0 Å². The fraction of sp³-hybridized carbons (Fsp3) is 0.344. The van der Waals surface area contributed by atoms with Crippen LogP contribution in [0.5, 0.6) is 11.5 Å². The predicted octanol–water partition coefficient (Wildman–Crippen LogP) is 6.66. The van der Waals surface area contributed by atoms with E-state index in [0.29, 0.717) is 47.5 Å². The maximum atomic E-state index is 13.1. The maximum Gasteiger partial charge on any atom is 0.251 e. The Kier molecular flexibility index (Phi) is 7.11. The summed E-state index contributed by atoms with van der Waals surface area (Å²) >= 11 is 6.56. The van der Waals surface area contributed by atoms with Gasteiger partial charge in [-0.25, -0.2) is 0 Å². The molecule has 1 fully saturated rings. The second kappa shape index (κ2) is 10.3. The average Bonchev–Trinajstić information content (AvgIpc) is 3.15. The van der Waals surface area contributed by atoms with Crippen molar-refractivity contribution in [2.24, 2.45) is 0 Å². The summed E-state index contributed by atoms with van der Waals surface area (Å²) < 4.78 is 12.2. The molecule has 1 saturated heterocycles. The molecule has 0 unspecified atom stereocenters. The third-order valence-corrected chi connectivity index (χ3v) is 7.68. The Hall–Kier alpha value is -3.86. The Balaban J connectivity index is 1.36. The number of nitriles is 1. The van der Waals surface area contributed by atoms with Gasteiger partial charge in [-0.3, -0.25) is 9.59 Å². The van der Waals surface area contributed by atoms with Gasteiger partial charge in [-0.1, -0.05) is 29.8 Å². The molecule has 0 saturated carbocycles. The number of fused-ring (bicyclic) bond motifs is 1. The fourth-order valence-electron chi connectivity index (χ4n) is 5.91. The molecule has 0 bridgehead atoms. The van der Waals surface area contributed by atoms with Gasteiger partial charge in [-0.15, -0.1) is 0 Å². The number of hydrogen-bond acceptors (Lipinski definition) is 5. The highest BCUT2D eigenvalue weighted by molar-refractivity contribution is 6.32. The van der Waals surface area contributed by atoms with Crippen molar-refractivity contribution in [2.75, 3.05) is 11.9 Å². The number of amides is 2. The van der Waals surface area contributed by atoms with E-state index in [9.17, 15) is 14.9 Å². The molecule has 3 aromatic rings. The molecule has 0 radical (unpaired) electrons. The summed E-state index contributed by atoms with van der Waals surface area (Å²) in [7, 11) is 1.76. The van der Waals surface area contributed by atoms with E-state index in [0.717, 1.165) is 16.8 Å². The summed E-state index contributed by atoms with van der Waals surface area (Å²) in [6.45, 7) is 8.13. The molecule has 1 N–H and O–H groups in total. The zero-order valence-electron chi connectivity index (χ0n) is 23.3. The molecule has 2 heterocycles. The van der Waals surface area contributed by atoms with Crippen LogP contribution in [-0.4, -0.2) is 36.1 Å². The fourth-order valence-corrected chi connectivity index (χ4v) is 6.13. The minimum atomic E-state index is -0.338. The Labute approximate surface area is 239 Å². The number of nitrogens with zero attached hydrogens (tertiary/aromatic N) is 2. The number of hydrogen-bond donors (Lipinski definition) is 1. The van der Waals surface area contributed by atoms with Gasteiger partial charge in [0, 0.05) is 29.9 Å². The Bertz CT molecular complexity index is 1540. The molecule has 5 rings (SSSR count). The highest BCUT2D eigenvalue weighted by Crippen LogP contribution is 2.39. The number of anilines is 1. The molecule has 0 atom stereocenters. The Morgan fingerprint density at radius 1 is 1.07 bits per heavy atom. The molecule has 0 aliphatic carbocycles. The van der Waals surface area contributed by atoms with Crippen molar-refractivity contribution < 1.29 is 19.1 Å². The maximum absolute atomic E-state index is 13.1. The van der Waals surface area contributed by atoms with Crippen LogP contribution in [0.1, 0.15) is 62.0 Å². The minimum absolute atomic E-state index is 0.0281. The van der Waals surface area contributed by atoms with E-state index in [1.165, 1.54) is 0 Å². The van der Waals surface area contributed by atoms with E-state index in [4.69, 9.17) is 21.1 Å². The van der Waals surface area contributed by atoms with Gasteiger partial charge in [0.15, 0.2) is 0 Å². The lowest BCUT2D eigenvalue weighted by Gasteiger charge is -2.45. The van der Waals surface area contributed by atoms with Crippen LogP contribution in [0.15, 0.2) is 54.6 Å². The van der Waals surface area contributed by atoms with Crippen molar-refractivity contribution in [1.29, 1.82) is 5.26 Å². The summed E-state index contributed by atoms with van der Waals surface area (Å²) in [6.07, 6.45) is 1.75. The topological polar surface area (TPSA) is 91.7 Å². The summed E-state index contributed by atoms with van der Waals surface area (Å²) in [4.78, 5) is 26.8. The molecule has 2 aliphatic rings. The average molecular weight is 558 g/mol. The summed E-state index contributed by atoms with van der Waals surface area (Å²) in [6, 6.07) is 18.2. The molecule has 8 heteroatoms. The van der Waals surface area contributed by atoms with Gasteiger partial charge < -0.3 is 19.7 Å². The van der Waals surface area contributed by atoms with E-state index >= 15 is 0 Å². The van der Waals surface area contributed by atoms with Gasteiger partial charge in [0.2, 0.25) is 5.91 Å². The standard InChI is InChI=1S/C32H32ClN3O4/c1-31(2)16-22(17-32(3,4)40-31)35-30(38)20-10-12-28(25(33)14-20)39-27-8-6-7-23(24(27)18-34)19-9-11-26-21(13-19)15-29(37)36(26)5/h6-14,22H,15-17H2,1-5H3,(H,35,38). The minimum Gasteiger partial charge on any atom is -0.454 e. The molecule has 0 aromatic heterocycles. The number of carbonyl (C=O) groups excluding carboxylic acids is 2. The predicted molar refractivity (Wildman–Crippen MR) is 155 cm³/mol. The SMILES string of the molecule is CN1C(=O)Cc2cc(-c3cccc(Oc4ccc(C(=O)NC5CC(C)(C)OC(C)(C)C5)cc4Cl)c3C#N)ccc21. The second-order valence-electron chi connectivity index (χ2n) is 11.7. The van der Waals surface area contributed by atoms with Crippen LogP contribution in [0.3, 0.4) is 0 Å². The molecule has 2 amide bonds. The van der Waals surface area contributed by atoms with Crippen LogP contribution in [0, 0.1) is 11.3 Å². The van der Waals surface area contributed by atoms with Crippen LogP contribution < -0.4 is 15.0 Å². The highest BCUT2D eigenvalue weighted by Gasteiger charge is 2.39. The quantitative estimate of drug-likeness (QED) is 0.379. The Morgan fingerprint density at radius 2 is 1.80 bits per heavy atom. The molecule has 0 spiro atoms. The normalized spacial score (nSPS) is 17.7. The highest BCUT2D eigenvalue weighted by atomic mass is 35.5. The van der Waals surface area contributed by atoms with Crippen LogP contribution in [0.2, 0.25) is 5.02 Å².